The number of pyridine rings is 1. The second-order valence-electron chi connectivity index (χ2n) is 4.22. The number of benzene rings is 1. The minimum absolute atomic E-state index is 0.0204. The van der Waals surface area contributed by atoms with Crippen LogP contribution < -0.4 is 15.2 Å². The molecule has 1 heterocycles. The van der Waals surface area contributed by atoms with Gasteiger partial charge in [-0.25, -0.2) is 4.98 Å². The molecule has 1 aromatic heterocycles. The van der Waals surface area contributed by atoms with Crippen molar-refractivity contribution in [2.75, 3.05) is 6.61 Å². The Hall–Kier alpha value is -2.27. The highest BCUT2D eigenvalue weighted by atomic mass is 16.5. The van der Waals surface area contributed by atoms with Crippen molar-refractivity contribution in [2.24, 2.45) is 5.73 Å². The van der Waals surface area contributed by atoms with Crippen molar-refractivity contribution >= 4 is 0 Å². The second-order valence-corrected chi connectivity index (χ2v) is 4.22. The number of phenolic OH excluding ortho intramolecular Hbond substituents is 1. The summed E-state index contributed by atoms with van der Waals surface area (Å²) >= 11 is 0. The average Bonchev–Trinajstić information content (AvgIpc) is 2.40. The van der Waals surface area contributed by atoms with E-state index in [4.69, 9.17) is 20.3 Å². The molecule has 1 atom stereocenters. The normalized spacial score (nSPS) is 11.9. The maximum atomic E-state index is 9.17. The summed E-state index contributed by atoms with van der Waals surface area (Å²) in [6.07, 6.45) is 1.58. The molecule has 0 saturated carbocycles. The maximum Gasteiger partial charge on any atom is 0.219 e. The van der Waals surface area contributed by atoms with Crippen LogP contribution in [0, 0.1) is 0 Å². The molecule has 0 fully saturated rings. The molecule has 1 aromatic carbocycles. The SMILES string of the molecule is C[C@H](N)COc1ccc(Oc2ccc(O)cc2)nc1. The van der Waals surface area contributed by atoms with Gasteiger partial charge in [0.1, 0.15) is 23.9 Å². The van der Waals surface area contributed by atoms with Crippen molar-refractivity contribution in [2.45, 2.75) is 13.0 Å². The van der Waals surface area contributed by atoms with Crippen molar-refractivity contribution in [1.29, 1.82) is 0 Å². The Morgan fingerprint density at radius 3 is 2.42 bits per heavy atom. The number of phenols is 1. The molecule has 0 radical (unpaired) electrons. The highest BCUT2D eigenvalue weighted by Gasteiger charge is 2.01. The van der Waals surface area contributed by atoms with E-state index < -0.39 is 0 Å². The highest BCUT2D eigenvalue weighted by molar-refractivity contribution is 5.33. The smallest absolute Gasteiger partial charge is 0.219 e. The van der Waals surface area contributed by atoms with Gasteiger partial charge in [-0.15, -0.1) is 0 Å². The maximum absolute atomic E-state index is 9.17. The first-order valence-corrected chi connectivity index (χ1v) is 5.95. The molecule has 2 rings (SSSR count). The molecule has 2 aromatic rings. The van der Waals surface area contributed by atoms with Crippen molar-refractivity contribution in [1.82, 2.24) is 4.98 Å². The van der Waals surface area contributed by atoms with E-state index in [-0.39, 0.29) is 11.8 Å². The monoisotopic (exact) mass is 260 g/mol. The first kappa shape index (κ1) is 13.2. The fourth-order valence-corrected chi connectivity index (χ4v) is 1.38. The van der Waals surface area contributed by atoms with Crippen LogP contribution in [0.5, 0.6) is 23.1 Å². The molecule has 0 saturated heterocycles. The number of aromatic hydroxyl groups is 1. The van der Waals surface area contributed by atoms with E-state index in [0.29, 0.717) is 24.0 Å². The molecular formula is C14H16N2O3. The Labute approximate surface area is 111 Å². The number of hydrogen-bond donors (Lipinski definition) is 2. The van der Waals surface area contributed by atoms with Crippen LogP contribution in [0.15, 0.2) is 42.6 Å². The van der Waals surface area contributed by atoms with Gasteiger partial charge in [-0.2, -0.15) is 0 Å². The van der Waals surface area contributed by atoms with Crippen molar-refractivity contribution in [3.8, 4) is 23.1 Å². The van der Waals surface area contributed by atoms with Gasteiger partial charge in [-0.3, -0.25) is 0 Å². The highest BCUT2D eigenvalue weighted by Crippen LogP contribution is 2.22. The number of aromatic nitrogens is 1. The van der Waals surface area contributed by atoms with E-state index in [9.17, 15) is 0 Å². The zero-order valence-corrected chi connectivity index (χ0v) is 10.6. The number of nitrogens with zero attached hydrogens (tertiary/aromatic N) is 1. The number of ether oxygens (including phenoxy) is 2. The lowest BCUT2D eigenvalue weighted by Crippen LogP contribution is -2.23. The van der Waals surface area contributed by atoms with E-state index in [1.165, 1.54) is 0 Å². The molecule has 0 aliphatic heterocycles. The van der Waals surface area contributed by atoms with Gasteiger partial charge in [-0.1, -0.05) is 0 Å². The quantitative estimate of drug-likeness (QED) is 0.862. The predicted octanol–water partition coefficient (Wildman–Crippen LogP) is 2.31. The molecule has 0 spiro atoms. The summed E-state index contributed by atoms with van der Waals surface area (Å²) in [6, 6.07) is 9.89. The van der Waals surface area contributed by atoms with E-state index in [0.717, 1.165) is 0 Å². The lowest BCUT2D eigenvalue weighted by molar-refractivity contribution is 0.294. The third-order valence-corrected chi connectivity index (χ3v) is 2.28. The number of rotatable bonds is 5. The van der Waals surface area contributed by atoms with Crippen LogP contribution in [0.3, 0.4) is 0 Å². The molecule has 3 N–H and O–H groups in total. The first-order valence-electron chi connectivity index (χ1n) is 5.95. The van der Waals surface area contributed by atoms with Gasteiger partial charge in [0.05, 0.1) is 6.20 Å². The van der Waals surface area contributed by atoms with Gasteiger partial charge in [0.15, 0.2) is 0 Å². The minimum atomic E-state index is -0.0204. The van der Waals surface area contributed by atoms with Crippen LogP contribution in [-0.2, 0) is 0 Å². The van der Waals surface area contributed by atoms with E-state index >= 15 is 0 Å². The molecule has 19 heavy (non-hydrogen) atoms. The molecule has 0 aliphatic rings. The molecule has 100 valence electrons. The van der Waals surface area contributed by atoms with Crippen LogP contribution in [0.1, 0.15) is 6.92 Å². The number of nitrogens with two attached hydrogens (primary N) is 1. The Bertz CT molecular complexity index is 509. The van der Waals surface area contributed by atoms with Gasteiger partial charge in [0.2, 0.25) is 5.88 Å². The second kappa shape index (κ2) is 6.06. The average molecular weight is 260 g/mol. The van der Waals surface area contributed by atoms with Crippen molar-refractivity contribution in [3.63, 3.8) is 0 Å². The molecular weight excluding hydrogens is 244 g/mol. The van der Waals surface area contributed by atoms with Gasteiger partial charge in [0, 0.05) is 12.1 Å². The Balaban J connectivity index is 1.96. The van der Waals surface area contributed by atoms with Gasteiger partial charge in [-0.05, 0) is 37.3 Å². The third-order valence-electron chi connectivity index (χ3n) is 2.28. The Kier molecular flexibility index (Phi) is 4.20. The Morgan fingerprint density at radius 2 is 1.84 bits per heavy atom. The van der Waals surface area contributed by atoms with E-state index in [1.54, 1.807) is 42.6 Å². The topological polar surface area (TPSA) is 77.6 Å². The van der Waals surface area contributed by atoms with Crippen LogP contribution in [0.2, 0.25) is 0 Å². The number of hydrogen-bond acceptors (Lipinski definition) is 5. The molecule has 5 heteroatoms. The van der Waals surface area contributed by atoms with Gasteiger partial charge >= 0.3 is 0 Å². The summed E-state index contributed by atoms with van der Waals surface area (Å²) < 4.78 is 10.9. The lowest BCUT2D eigenvalue weighted by atomic mass is 10.3. The van der Waals surface area contributed by atoms with Crippen molar-refractivity contribution < 1.29 is 14.6 Å². The molecule has 5 nitrogen and oxygen atoms in total. The standard InChI is InChI=1S/C14H16N2O3/c1-10(15)9-18-13-6-7-14(16-8-13)19-12-4-2-11(17)3-5-12/h2-8,10,17H,9,15H2,1H3/t10-/m0/s1. The lowest BCUT2D eigenvalue weighted by Gasteiger charge is -2.09. The molecule has 0 aliphatic carbocycles. The predicted molar refractivity (Wildman–Crippen MR) is 71.6 cm³/mol. The largest absolute Gasteiger partial charge is 0.508 e. The van der Waals surface area contributed by atoms with E-state index in [2.05, 4.69) is 4.98 Å². The van der Waals surface area contributed by atoms with Gasteiger partial charge in [0.25, 0.3) is 0 Å². The minimum Gasteiger partial charge on any atom is -0.508 e. The summed E-state index contributed by atoms with van der Waals surface area (Å²) in [6.45, 7) is 2.32. The summed E-state index contributed by atoms with van der Waals surface area (Å²) in [4.78, 5) is 4.12. The summed E-state index contributed by atoms with van der Waals surface area (Å²) in [5.74, 6) is 1.91. The summed E-state index contributed by atoms with van der Waals surface area (Å²) in [5, 5.41) is 9.17. The van der Waals surface area contributed by atoms with Crippen molar-refractivity contribution in [3.05, 3.63) is 42.6 Å². The zero-order valence-electron chi connectivity index (χ0n) is 10.6. The van der Waals surface area contributed by atoms with Gasteiger partial charge < -0.3 is 20.3 Å². The van der Waals surface area contributed by atoms with Crippen LogP contribution >= 0.6 is 0 Å². The first-order chi connectivity index (χ1) is 9.13. The van der Waals surface area contributed by atoms with Crippen LogP contribution in [-0.4, -0.2) is 22.7 Å². The molecule has 0 unspecified atom stereocenters. The summed E-state index contributed by atoms with van der Waals surface area (Å²) in [7, 11) is 0. The fourth-order valence-electron chi connectivity index (χ4n) is 1.38. The summed E-state index contributed by atoms with van der Waals surface area (Å²) in [5.41, 5.74) is 5.59. The Morgan fingerprint density at radius 1 is 1.16 bits per heavy atom. The van der Waals surface area contributed by atoms with Crippen LogP contribution in [0.4, 0.5) is 0 Å². The fraction of sp³-hybridized carbons (Fsp3) is 0.214. The molecule has 0 bridgehead atoms. The van der Waals surface area contributed by atoms with E-state index in [1.807, 2.05) is 6.92 Å². The third kappa shape index (κ3) is 4.15. The molecule has 0 amide bonds. The zero-order chi connectivity index (χ0) is 13.7. The van der Waals surface area contributed by atoms with Crippen LogP contribution in [0.25, 0.3) is 0 Å².